The van der Waals surface area contributed by atoms with Gasteiger partial charge < -0.3 is 52.5 Å². The van der Waals surface area contributed by atoms with Crippen molar-refractivity contribution >= 4 is 20.3 Å². The molecule has 0 aliphatic carbocycles. The van der Waals surface area contributed by atoms with Gasteiger partial charge in [0.25, 0.3) is 0 Å². The second kappa shape index (κ2) is 26.0. The molecule has 0 unspecified atom stereocenters. The van der Waals surface area contributed by atoms with E-state index in [1.54, 1.807) is 60.7 Å². The number of esters is 2. The summed E-state index contributed by atoms with van der Waals surface area (Å²) in [4.78, 5) is 27.7. The molecule has 2 heterocycles. The van der Waals surface area contributed by atoms with Gasteiger partial charge in [0.05, 0.1) is 37.6 Å². The summed E-state index contributed by atoms with van der Waals surface area (Å²) in [5.74, 6) is -1.39. The number of aliphatic hydroxyl groups is 2. The molecule has 370 valence electrons. The molecule has 0 aromatic heterocycles. The topological polar surface area (TPSA) is 158 Å². The van der Waals surface area contributed by atoms with Gasteiger partial charge in [-0.3, -0.25) is 0 Å². The van der Waals surface area contributed by atoms with E-state index in [4.69, 9.17) is 42.3 Å². The van der Waals surface area contributed by atoms with E-state index < -0.39 is 81.7 Å². The third-order valence-corrected chi connectivity index (χ3v) is 17.3. The maximum absolute atomic E-state index is 14.0. The van der Waals surface area contributed by atoms with Crippen LogP contribution >= 0.6 is 0 Å². The second-order valence-corrected chi connectivity index (χ2v) is 23.9. The van der Waals surface area contributed by atoms with Crippen LogP contribution in [-0.4, -0.2) is 112 Å². The molecule has 0 saturated carbocycles. The summed E-state index contributed by atoms with van der Waals surface area (Å²) >= 11 is 0. The highest BCUT2D eigenvalue weighted by Crippen LogP contribution is 2.41. The molecule has 6 rings (SSSR count). The molecule has 0 bridgehead atoms. The minimum absolute atomic E-state index is 0.0425. The SMILES string of the molecule is CCCCCCCCO[C@H]1O[C@H](COCc2ccccc2)[C@@H](O[C@H]2O[C@H](COCc3ccccc3)[C@@H](O[Si](C)(C)C(C)(C)C)[C@H](OC(=O)c3ccccc3)[C@@H]2O)[C@H](O)[C@@H]1OC(=O)c1ccccc1. The number of hydrogen-bond acceptors (Lipinski definition) is 13. The Bertz CT molecular complexity index is 2070. The zero-order valence-electron chi connectivity index (χ0n) is 40.5. The lowest BCUT2D eigenvalue weighted by molar-refractivity contribution is -0.359. The van der Waals surface area contributed by atoms with Gasteiger partial charge in [0, 0.05) is 6.61 Å². The van der Waals surface area contributed by atoms with Crippen LogP contribution in [0.25, 0.3) is 0 Å². The predicted octanol–water partition coefficient (Wildman–Crippen LogP) is 9.20. The lowest BCUT2D eigenvalue weighted by Gasteiger charge is -2.50. The van der Waals surface area contributed by atoms with Crippen molar-refractivity contribution in [3.8, 4) is 0 Å². The molecular formula is C54H72O13Si. The molecule has 2 fully saturated rings. The Morgan fingerprint density at radius 2 is 1.03 bits per heavy atom. The Balaban J connectivity index is 1.34. The molecule has 2 N–H and O–H groups in total. The maximum atomic E-state index is 14.0. The first kappa shape index (κ1) is 53.0. The van der Waals surface area contributed by atoms with Crippen molar-refractivity contribution in [2.75, 3.05) is 19.8 Å². The first-order chi connectivity index (χ1) is 32.8. The largest absolute Gasteiger partial charge is 0.453 e. The molecule has 2 aliphatic heterocycles. The van der Waals surface area contributed by atoms with E-state index >= 15 is 0 Å². The number of hydrogen-bond donors (Lipinski definition) is 2. The number of benzene rings is 4. The Labute approximate surface area is 403 Å². The molecule has 4 aromatic rings. The van der Waals surface area contributed by atoms with E-state index in [0.29, 0.717) is 0 Å². The Hall–Kier alpha value is -4.32. The monoisotopic (exact) mass is 956 g/mol. The number of rotatable bonds is 24. The van der Waals surface area contributed by atoms with Crippen molar-refractivity contribution in [2.45, 2.75) is 159 Å². The summed E-state index contributed by atoms with van der Waals surface area (Å²) in [6.07, 6.45) is -6.96. The van der Waals surface area contributed by atoms with Gasteiger partial charge in [-0.15, -0.1) is 0 Å². The van der Waals surface area contributed by atoms with Gasteiger partial charge >= 0.3 is 11.9 Å². The predicted molar refractivity (Wildman–Crippen MR) is 259 cm³/mol. The van der Waals surface area contributed by atoms with Gasteiger partial charge in [-0.05, 0) is 59.9 Å². The van der Waals surface area contributed by atoms with E-state index in [2.05, 4.69) is 40.8 Å². The maximum Gasteiger partial charge on any atom is 0.338 e. The van der Waals surface area contributed by atoms with Crippen LogP contribution in [0.3, 0.4) is 0 Å². The molecule has 0 spiro atoms. The standard InChI is InChI=1S/C54H72O13Si/c1-7-8-9-10-11-24-33-61-53-49(65-51(58)41-31-22-15-23-32-41)44(55)46(42(63-53)36-59-34-38-25-16-12-17-26-38)66-52-45(56)48(64-50(57)40-29-20-14-21-30-40)47(67-68(5,6)54(2,3)4)43(62-52)37-60-35-39-27-18-13-19-28-39/h12-23,25-32,42-49,52-53,55-56H,7-11,24,33-37H2,1-6H3/t42-,43-,44+,45+,46-,47-,48-,49+,52-,53+/m1/s1. The van der Waals surface area contributed by atoms with E-state index in [1.807, 2.05) is 60.7 Å². The molecule has 4 aromatic carbocycles. The summed E-state index contributed by atoms with van der Waals surface area (Å²) in [6, 6.07) is 36.2. The average molecular weight is 957 g/mol. The quantitative estimate of drug-likeness (QED) is 0.0390. The van der Waals surface area contributed by atoms with Crippen LogP contribution in [0.5, 0.6) is 0 Å². The molecule has 13 nitrogen and oxygen atoms in total. The summed E-state index contributed by atoms with van der Waals surface area (Å²) in [7, 11) is -2.67. The number of carbonyl (C=O) groups excluding carboxylic acids is 2. The molecule has 0 amide bonds. The average Bonchev–Trinajstić information content (AvgIpc) is 3.33. The molecule has 2 aliphatic rings. The highest BCUT2D eigenvalue weighted by molar-refractivity contribution is 6.74. The molecule has 68 heavy (non-hydrogen) atoms. The van der Waals surface area contributed by atoms with Crippen molar-refractivity contribution in [3.63, 3.8) is 0 Å². The Morgan fingerprint density at radius 1 is 0.574 bits per heavy atom. The Morgan fingerprint density at radius 3 is 1.54 bits per heavy atom. The van der Waals surface area contributed by atoms with E-state index in [0.717, 1.165) is 49.7 Å². The minimum Gasteiger partial charge on any atom is -0.453 e. The zero-order valence-corrected chi connectivity index (χ0v) is 41.5. The van der Waals surface area contributed by atoms with Crippen LogP contribution in [0, 0.1) is 0 Å². The van der Waals surface area contributed by atoms with E-state index in [9.17, 15) is 19.8 Å². The first-order valence-electron chi connectivity index (χ1n) is 24.1. The fraction of sp³-hybridized carbons (Fsp3) is 0.519. The van der Waals surface area contributed by atoms with Crippen molar-refractivity contribution < 1.29 is 62.1 Å². The van der Waals surface area contributed by atoms with Crippen LogP contribution < -0.4 is 0 Å². The fourth-order valence-corrected chi connectivity index (χ4v) is 9.21. The van der Waals surface area contributed by atoms with Crippen molar-refractivity contribution in [2.24, 2.45) is 0 Å². The highest BCUT2D eigenvalue weighted by atomic mass is 28.4. The van der Waals surface area contributed by atoms with Gasteiger partial charge in [-0.25, -0.2) is 9.59 Å². The second-order valence-electron chi connectivity index (χ2n) is 19.1. The lowest BCUT2D eigenvalue weighted by Crippen LogP contribution is -2.67. The summed E-state index contributed by atoms with van der Waals surface area (Å²) in [6.45, 7) is 13.2. The fourth-order valence-electron chi connectivity index (χ4n) is 7.89. The van der Waals surface area contributed by atoms with Crippen molar-refractivity contribution in [1.82, 2.24) is 0 Å². The van der Waals surface area contributed by atoms with Gasteiger partial charge in [0.1, 0.15) is 36.6 Å². The van der Waals surface area contributed by atoms with Gasteiger partial charge in [-0.1, -0.05) is 157 Å². The van der Waals surface area contributed by atoms with Crippen LogP contribution in [0.15, 0.2) is 121 Å². The van der Waals surface area contributed by atoms with Crippen molar-refractivity contribution in [1.29, 1.82) is 0 Å². The third-order valence-electron chi connectivity index (χ3n) is 12.8. The third kappa shape index (κ3) is 15.1. The number of carbonyl (C=O) groups is 2. The lowest BCUT2D eigenvalue weighted by atomic mass is 9.96. The summed E-state index contributed by atoms with van der Waals surface area (Å²) in [5.41, 5.74) is 2.37. The van der Waals surface area contributed by atoms with Crippen molar-refractivity contribution in [3.05, 3.63) is 144 Å². The summed E-state index contributed by atoms with van der Waals surface area (Å²) in [5, 5.41) is 24.7. The molecule has 14 heteroatoms. The first-order valence-corrected chi connectivity index (χ1v) is 27.0. The minimum atomic E-state index is -2.67. The van der Waals surface area contributed by atoms with Crippen LogP contribution in [0.4, 0.5) is 0 Å². The van der Waals surface area contributed by atoms with Gasteiger partial charge in [-0.2, -0.15) is 0 Å². The number of ether oxygens (including phenoxy) is 8. The van der Waals surface area contributed by atoms with Crippen LogP contribution in [-0.2, 0) is 55.5 Å². The summed E-state index contributed by atoms with van der Waals surface area (Å²) < 4.78 is 58.2. The highest BCUT2D eigenvalue weighted by Gasteiger charge is 2.56. The van der Waals surface area contributed by atoms with Crippen LogP contribution in [0.2, 0.25) is 18.1 Å². The normalized spacial score (nSPS) is 25.4. The zero-order chi connectivity index (χ0) is 48.5. The number of aliphatic hydroxyl groups excluding tert-OH is 2. The van der Waals surface area contributed by atoms with Gasteiger partial charge in [0.2, 0.25) is 0 Å². The molecular weight excluding hydrogens is 885 g/mol. The Kier molecular flexibility index (Phi) is 20.3. The number of unbranched alkanes of at least 4 members (excludes halogenated alkanes) is 5. The van der Waals surface area contributed by atoms with E-state index in [1.165, 1.54) is 0 Å². The van der Waals surface area contributed by atoms with E-state index in [-0.39, 0.29) is 49.2 Å². The molecule has 2 saturated heterocycles. The van der Waals surface area contributed by atoms with Crippen LogP contribution in [0.1, 0.15) is 98.1 Å². The molecule has 10 atom stereocenters. The smallest absolute Gasteiger partial charge is 0.338 e. The molecule has 0 radical (unpaired) electrons. The van der Waals surface area contributed by atoms with Gasteiger partial charge in [0.15, 0.2) is 33.1 Å².